The molecule has 1 fully saturated rings. The second-order valence-electron chi connectivity index (χ2n) is 6.60. The molecule has 1 aromatic carbocycles. The Morgan fingerprint density at radius 2 is 2.28 bits per heavy atom. The van der Waals surface area contributed by atoms with Crippen LogP contribution in [0.3, 0.4) is 0 Å². The highest BCUT2D eigenvalue weighted by atomic mass is 19.1. The molecule has 134 valence electrons. The van der Waals surface area contributed by atoms with Crippen molar-refractivity contribution in [2.24, 2.45) is 0 Å². The maximum Gasteiger partial charge on any atom is 0.257 e. The quantitative estimate of drug-likeness (QED) is 0.906. The van der Waals surface area contributed by atoms with Crippen LogP contribution in [0.15, 0.2) is 36.7 Å². The first-order valence-corrected chi connectivity index (χ1v) is 8.84. The molecule has 1 amide bonds. The van der Waals surface area contributed by atoms with Crippen molar-refractivity contribution in [3.05, 3.63) is 53.6 Å². The fourth-order valence-electron chi connectivity index (χ4n) is 3.43. The molecule has 0 bridgehead atoms. The summed E-state index contributed by atoms with van der Waals surface area (Å²) in [4.78, 5) is 14.6. The SMILES string of the molecule is CCCn1cc(C(=O)N2CCC[C@H](O)[C@@H]2Cc2cccc(F)c2)cn1. The van der Waals surface area contributed by atoms with Crippen molar-refractivity contribution in [1.29, 1.82) is 0 Å². The van der Waals surface area contributed by atoms with Crippen molar-refractivity contribution < 1.29 is 14.3 Å². The molecule has 1 N–H and O–H groups in total. The lowest BCUT2D eigenvalue weighted by atomic mass is 9.92. The van der Waals surface area contributed by atoms with Gasteiger partial charge in [0.1, 0.15) is 5.82 Å². The average molecular weight is 345 g/mol. The van der Waals surface area contributed by atoms with Crippen molar-refractivity contribution in [2.75, 3.05) is 6.54 Å². The minimum Gasteiger partial charge on any atom is -0.391 e. The van der Waals surface area contributed by atoms with Crippen LogP contribution < -0.4 is 0 Å². The van der Waals surface area contributed by atoms with E-state index in [0.717, 1.165) is 24.9 Å². The van der Waals surface area contributed by atoms with Gasteiger partial charge in [-0.15, -0.1) is 0 Å². The molecule has 1 aliphatic rings. The number of aliphatic hydroxyl groups is 1. The molecule has 0 saturated carbocycles. The Kier molecular flexibility index (Phi) is 5.48. The molecular weight excluding hydrogens is 321 g/mol. The zero-order valence-corrected chi connectivity index (χ0v) is 14.4. The van der Waals surface area contributed by atoms with Crippen LogP contribution in [0.4, 0.5) is 4.39 Å². The Morgan fingerprint density at radius 1 is 1.44 bits per heavy atom. The smallest absolute Gasteiger partial charge is 0.257 e. The molecule has 1 saturated heterocycles. The second-order valence-corrected chi connectivity index (χ2v) is 6.60. The number of amides is 1. The summed E-state index contributed by atoms with van der Waals surface area (Å²) in [6.45, 7) is 3.41. The van der Waals surface area contributed by atoms with Gasteiger partial charge in [0.15, 0.2) is 0 Å². The van der Waals surface area contributed by atoms with Crippen molar-refractivity contribution in [3.8, 4) is 0 Å². The number of halogens is 1. The highest BCUT2D eigenvalue weighted by molar-refractivity contribution is 5.94. The molecule has 5 nitrogen and oxygen atoms in total. The van der Waals surface area contributed by atoms with Crippen molar-refractivity contribution in [3.63, 3.8) is 0 Å². The van der Waals surface area contributed by atoms with E-state index in [4.69, 9.17) is 0 Å². The van der Waals surface area contributed by atoms with Gasteiger partial charge in [-0.05, 0) is 43.4 Å². The Hall–Kier alpha value is -2.21. The number of nitrogens with zero attached hydrogens (tertiary/aromatic N) is 3. The number of aryl methyl sites for hydroxylation is 1. The van der Waals surface area contributed by atoms with Crippen LogP contribution in [-0.4, -0.2) is 44.4 Å². The molecule has 0 aliphatic carbocycles. The molecule has 0 spiro atoms. The van der Waals surface area contributed by atoms with Gasteiger partial charge in [-0.1, -0.05) is 19.1 Å². The second kappa shape index (κ2) is 7.78. The number of aromatic nitrogens is 2. The summed E-state index contributed by atoms with van der Waals surface area (Å²) < 4.78 is 15.2. The maximum absolute atomic E-state index is 13.5. The van der Waals surface area contributed by atoms with Crippen molar-refractivity contribution in [2.45, 2.75) is 51.3 Å². The van der Waals surface area contributed by atoms with Gasteiger partial charge in [0.2, 0.25) is 0 Å². The molecular formula is C19H24FN3O2. The number of likely N-dealkylation sites (tertiary alicyclic amines) is 1. The number of hydrogen-bond acceptors (Lipinski definition) is 3. The number of aliphatic hydroxyl groups excluding tert-OH is 1. The van der Waals surface area contributed by atoms with Crippen LogP contribution in [0.1, 0.15) is 42.1 Å². The largest absolute Gasteiger partial charge is 0.391 e. The van der Waals surface area contributed by atoms with E-state index in [1.165, 1.54) is 12.1 Å². The zero-order chi connectivity index (χ0) is 17.8. The molecule has 0 radical (unpaired) electrons. The minimum absolute atomic E-state index is 0.123. The van der Waals surface area contributed by atoms with E-state index in [1.54, 1.807) is 28.0 Å². The third-order valence-corrected chi connectivity index (χ3v) is 4.67. The third kappa shape index (κ3) is 4.07. The normalized spacial score (nSPS) is 20.7. The van der Waals surface area contributed by atoms with E-state index in [0.29, 0.717) is 24.9 Å². The summed E-state index contributed by atoms with van der Waals surface area (Å²) in [6.07, 6.45) is 5.53. The van der Waals surface area contributed by atoms with Gasteiger partial charge in [-0.2, -0.15) is 5.10 Å². The molecule has 2 heterocycles. The predicted molar refractivity (Wildman–Crippen MR) is 92.7 cm³/mol. The average Bonchev–Trinajstić information content (AvgIpc) is 3.05. The number of benzene rings is 1. The van der Waals surface area contributed by atoms with E-state index in [2.05, 4.69) is 12.0 Å². The number of piperidine rings is 1. The molecule has 0 unspecified atom stereocenters. The summed E-state index contributed by atoms with van der Waals surface area (Å²) in [6, 6.07) is 5.99. The first-order chi connectivity index (χ1) is 12.1. The molecule has 3 rings (SSSR count). The van der Waals surface area contributed by atoms with Crippen LogP contribution >= 0.6 is 0 Å². The van der Waals surface area contributed by atoms with Crippen LogP contribution in [-0.2, 0) is 13.0 Å². The number of hydrogen-bond donors (Lipinski definition) is 1. The Morgan fingerprint density at radius 3 is 3.04 bits per heavy atom. The minimum atomic E-state index is -0.605. The van der Waals surface area contributed by atoms with Gasteiger partial charge in [0, 0.05) is 19.3 Å². The highest BCUT2D eigenvalue weighted by Gasteiger charge is 2.34. The number of carbonyl (C=O) groups is 1. The lowest BCUT2D eigenvalue weighted by molar-refractivity contribution is 0.0118. The van der Waals surface area contributed by atoms with Crippen molar-refractivity contribution >= 4 is 5.91 Å². The summed E-state index contributed by atoms with van der Waals surface area (Å²) in [7, 11) is 0. The molecule has 2 aromatic rings. The van der Waals surface area contributed by atoms with Gasteiger partial charge in [0.25, 0.3) is 5.91 Å². The van der Waals surface area contributed by atoms with Gasteiger partial charge in [0.05, 0.1) is 23.9 Å². The number of rotatable bonds is 5. The van der Waals surface area contributed by atoms with E-state index in [9.17, 15) is 14.3 Å². The van der Waals surface area contributed by atoms with Gasteiger partial charge in [-0.25, -0.2) is 4.39 Å². The fourth-order valence-corrected chi connectivity index (χ4v) is 3.43. The molecule has 6 heteroatoms. The topological polar surface area (TPSA) is 58.4 Å². The standard InChI is InChI=1S/C19H24FN3O2/c1-2-8-22-13-15(12-21-22)19(25)23-9-4-7-18(24)17(23)11-14-5-3-6-16(20)10-14/h3,5-6,10,12-13,17-18,24H,2,4,7-9,11H2,1H3/t17-,18-/m0/s1. The van der Waals surface area contributed by atoms with E-state index in [1.807, 2.05) is 6.07 Å². The lowest BCUT2D eigenvalue weighted by Gasteiger charge is -2.39. The molecule has 25 heavy (non-hydrogen) atoms. The summed E-state index contributed by atoms with van der Waals surface area (Å²) in [5, 5.41) is 14.7. The van der Waals surface area contributed by atoms with Gasteiger partial charge >= 0.3 is 0 Å². The Bertz CT molecular complexity index is 731. The van der Waals surface area contributed by atoms with E-state index >= 15 is 0 Å². The Labute approximate surface area is 147 Å². The maximum atomic E-state index is 13.5. The summed E-state index contributed by atoms with van der Waals surface area (Å²) >= 11 is 0. The lowest BCUT2D eigenvalue weighted by Crippen LogP contribution is -2.52. The van der Waals surface area contributed by atoms with Gasteiger partial charge < -0.3 is 10.0 Å². The van der Waals surface area contributed by atoms with Crippen LogP contribution in [0.25, 0.3) is 0 Å². The monoisotopic (exact) mass is 345 g/mol. The van der Waals surface area contributed by atoms with E-state index < -0.39 is 6.10 Å². The van der Waals surface area contributed by atoms with E-state index in [-0.39, 0.29) is 17.8 Å². The van der Waals surface area contributed by atoms with Crippen molar-refractivity contribution in [1.82, 2.24) is 14.7 Å². The van der Waals surface area contributed by atoms with Crippen LogP contribution in [0.5, 0.6) is 0 Å². The fraction of sp³-hybridized carbons (Fsp3) is 0.474. The highest BCUT2D eigenvalue weighted by Crippen LogP contribution is 2.23. The first kappa shape index (κ1) is 17.6. The van der Waals surface area contributed by atoms with Crippen LogP contribution in [0, 0.1) is 5.82 Å². The van der Waals surface area contributed by atoms with Crippen LogP contribution in [0.2, 0.25) is 0 Å². The number of carbonyl (C=O) groups excluding carboxylic acids is 1. The Balaban J connectivity index is 1.79. The summed E-state index contributed by atoms with van der Waals surface area (Å²) in [5.41, 5.74) is 1.32. The molecule has 2 atom stereocenters. The predicted octanol–water partition coefficient (Wildman–Crippen LogP) is 2.64. The van der Waals surface area contributed by atoms with Gasteiger partial charge in [-0.3, -0.25) is 9.48 Å². The summed E-state index contributed by atoms with van der Waals surface area (Å²) in [5.74, 6) is -0.427. The zero-order valence-electron chi connectivity index (χ0n) is 14.4. The third-order valence-electron chi connectivity index (χ3n) is 4.67. The molecule has 1 aromatic heterocycles. The molecule has 1 aliphatic heterocycles. The first-order valence-electron chi connectivity index (χ1n) is 8.84.